The molecule has 3 heteroatoms. The van der Waals surface area contributed by atoms with Gasteiger partial charge < -0.3 is 4.74 Å². The first-order valence-corrected chi connectivity index (χ1v) is 5.72. The predicted octanol–water partition coefficient (Wildman–Crippen LogP) is 3.19. The molecule has 90 valence electrons. The minimum atomic E-state index is -0.0472. The van der Waals surface area contributed by atoms with E-state index in [0.717, 1.165) is 6.42 Å². The van der Waals surface area contributed by atoms with Crippen molar-refractivity contribution in [2.24, 2.45) is 5.92 Å². The van der Waals surface area contributed by atoms with Gasteiger partial charge in [0.05, 0.1) is 23.8 Å². The van der Waals surface area contributed by atoms with Gasteiger partial charge in [-0.25, -0.2) is 0 Å². The zero-order chi connectivity index (χ0) is 12.8. The summed E-state index contributed by atoms with van der Waals surface area (Å²) in [5, 5.41) is 8.81. The van der Waals surface area contributed by atoms with Crippen molar-refractivity contribution in [3.63, 3.8) is 0 Å². The summed E-state index contributed by atoms with van der Waals surface area (Å²) < 4.78 is 5.58. The number of ether oxygens (including phenoxy) is 1. The molecule has 0 aromatic heterocycles. The molecule has 1 aromatic carbocycles. The molecule has 0 heterocycles. The van der Waals surface area contributed by atoms with Crippen LogP contribution < -0.4 is 4.74 Å². The van der Waals surface area contributed by atoms with E-state index < -0.39 is 0 Å². The summed E-state index contributed by atoms with van der Waals surface area (Å²) in [5.41, 5.74) is 1.04. The SMILES string of the molecule is CC(=O)c1ccc(C#N)cc1OCCC(C)C. The second-order valence-electron chi connectivity index (χ2n) is 4.41. The molecule has 0 bridgehead atoms. The van der Waals surface area contributed by atoms with Crippen molar-refractivity contribution >= 4 is 5.78 Å². The summed E-state index contributed by atoms with van der Waals surface area (Å²) in [6.07, 6.45) is 0.925. The normalized spacial score (nSPS) is 10.1. The third-order valence-electron chi connectivity index (χ3n) is 2.44. The average Bonchev–Trinajstić information content (AvgIpc) is 2.28. The number of nitriles is 1. The van der Waals surface area contributed by atoms with Gasteiger partial charge in [0, 0.05) is 0 Å². The molecule has 0 spiro atoms. The van der Waals surface area contributed by atoms with Gasteiger partial charge in [-0.15, -0.1) is 0 Å². The Labute approximate surface area is 102 Å². The number of rotatable bonds is 5. The Morgan fingerprint density at radius 1 is 1.47 bits per heavy atom. The molecule has 0 N–H and O–H groups in total. The van der Waals surface area contributed by atoms with Crippen LogP contribution in [0.3, 0.4) is 0 Å². The number of benzene rings is 1. The number of ketones is 1. The van der Waals surface area contributed by atoms with Crippen molar-refractivity contribution in [3.8, 4) is 11.8 Å². The first-order valence-electron chi connectivity index (χ1n) is 5.72. The van der Waals surface area contributed by atoms with E-state index in [2.05, 4.69) is 13.8 Å². The third-order valence-corrected chi connectivity index (χ3v) is 2.44. The van der Waals surface area contributed by atoms with Gasteiger partial charge in [0.25, 0.3) is 0 Å². The van der Waals surface area contributed by atoms with Gasteiger partial charge in [0.2, 0.25) is 0 Å². The van der Waals surface area contributed by atoms with Gasteiger partial charge >= 0.3 is 0 Å². The summed E-state index contributed by atoms with van der Waals surface area (Å²) in [4.78, 5) is 11.4. The van der Waals surface area contributed by atoms with Gasteiger partial charge in [0.1, 0.15) is 5.75 Å². The fraction of sp³-hybridized carbons (Fsp3) is 0.429. The lowest BCUT2D eigenvalue weighted by atomic mass is 10.1. The van der Waals surface area contributed by atoms with Crippen LogP contribution >= 0.6 is 0 Å². The monoisotopic (exact) mass is 231 g/mol. The number of carbonyl (C=O) groups is 1. The van der Waals surface area contributed by atoms with Crippen LogP contribution in [-0.4, -0.2) is 12.4 Å². The standard InChI is InChI=1S/C14H17NO2/c1-10(2)6-7-17-14-8-12(9-15)4-5-13(14)11(3)16/h4-5,8,10H,6-7H2,1-3H3. The largest absolute Gasteiger partial charge is 0.493 e. The molecule has 0 amide bonds. The Balaban J connectivity index is 2.86. The zero-order valence-electron chi connectivity index (χ0n) is 10.5. The van der Waals surface area contributed by atoms with Crippen LogP contribution in [0.4, 0.5) is 0 Å². The minimum absolute atomic E-state index is 0.0472. The molecule has 0 fully saturated rings. The summed E-state index contributed by atoms with van der Waals surface area (Å²) in [6.45, 7) is 6.28. The van der Waals surface area contributed by atoms with Gasteiger partial charge in [-0.1, -0.05) is 13.8 Å². The van der Waals surface area contributed by atoms with E-state index in [1.54, 1.807) is 18.2 Å². The Morgan fingerprint density at radius 3 is 2.71 bits per heavy atom. The number of hydrogen-bond acceptors (Lipinski definition) is 3. The molecule has 1 aromatic rings. The molecule has 17 heavy (non-hydrogen) atoms. The van der Waals surface area contributed by atoms with Crippen LogP contribution in [0.25, 0.3) is 0 Å². The van der Waals surface area contributed by atoms with Crippen LogP contribution in [-0.2, 0) is 0 Å². The molecule has 0 saturated heterocycles. The molecule has 0 unspecified atom stereocenters. The van der Waals surface area contributed by atoms with E-state index in [-0.39, 0.29) is 5.78 Å². The van der Waals surface area contributed by atoms with E-state index in [4.69, 9.17) is 10.00 Å². The maximum atomic E-state index is 11.4. The lowest BCUT2D eigenvalue weighted by Crippen LogP contribution is -2.05. The van der Waals surface area contributed by atoms with E-state index in [1.807, 2.05) is 6.07 Å². The summed E-state index contributed by atoms with van der Waals surface area (Å²) in [7, 11) is 0. The molecule has 0 saturated carbocycles. The second kappa shape index (κ2) is 6.05. The van der Waals surface area contributed by atoms with Crippen molar-refractivity contribution in [3.05, 3.63) is 29.3 Å². The predicted molar refractivity (Wildman–Crippen MR) is 66.1 cm³/mol. The zero-order valence-corrected chi connectivity index (χ0v) is 10.5. The lowest BCUT2D eigenvalue weighted by molar-refractivity contribution is 0.101. The maximum absolute atomic E-state index is 11.4. The summed E-state index contributed by atoms with van der Waals surface area (Å²) in [6, 6.07) is 6.94. The molecule has 0 aliphatic carbocycles. The highest BCUT2D eigenvalue weighted by molar-refractivity contribution is 5.97. The number of Topliss-reactive ketones (excluding diaryl/α,β-unsaturated/α-hetero) is 1. The molecular formula is C14H17NO2. The van der Waals surface area contributed by atoms with Crippen molar-refractivity contribution in [1.29, 1.82) is 5.26 Å². The van der Waals surface area contributed by atoms with Crippen LogP contribution in [0.2, 0.25) is 0 Å². The van der Waals surface area contributed by atoms with E-state index in [9.17, 15) is 4.79 Å². The smallest absolute Gasteiger partial charge is 0.163 e. The topological polar surface area (TPSA) is 50.1 Å². The first-order chi connectivity index (χ1) is 8.04. The number of nitrogens with zero attached hydrogens (tertiary/aromatic N) is 1. The van der Waals surface area contributed by atoms with Crippen LogP contribution in [0.1, 0.15) is 43.1 Å². The van der Waals surface area contributed by atoms with E-state index in [1.165, 1.54) is 6.92 Å². The van der Waals surface area contributed by atoms with Gasteiger partial charge in [0.15, 0.2) is 5.78 Å². The Morgan fingerprint density at radius 2 is 2.18 bits per heavy atom. The van der Waals surface area contributed by atoms with Crippen molar-refractivity contribution < 1.29 is 9.53 Å². The molecule has 0 aliphatic heterocycles. The van der Waals surface area contributed by atoms with Crippen molar-refractivity contribution in [1.82, 2.24) is 0 Å². The third kappa shape index (κ3) is 3.92. The van der Waals surface area contributed by atoms with Gasteiger partial charge in [-0.3, -0.25) is 4.79 Å². The Bertz CT molecular complexity index is 444. The Kier molecular flexibility index (Phi) is 4.71. The van der Waals surface area contributed by atoms with Crippen molar-refractivity contribution in [2.45, 2.75) is 27.2 Å². The van der Waals surface area contributed by atoms with Crippen LogP contribution in [0.5, 0.6) is 5.75 Å². The molecule has 3 nitrogen and oxygen atoms in total. The molecule has 0 radical (unpaired) electrons. The van der Waals surface area contributed by atoms with Crippen LogP contribution in [0, 0.1) is 17.2 Å². The fourth-order valence-corrected chi connectivity index (χ4v) is 1.41. The highest BCUT2D eigenvalue weighted by Crippen LogP contribution is 2.21. The summed E-state index contributed by atoms with van der Waals surface area (Å²) in [5.74, 6) is 1.01. The molecular weight excluding hydrogens is 214 g/mol. The first kappa shape index (κ1) is 13.2. The highest BCUT2D eigenvalue weighted by Gasteiger charge is 2.09. The van der Waals surface area contributed by atoms with Crippen molar-refractivity contribution in [2.75, 3.05) is 6.61 Å². The van der Waals surface area contributed by atoms with Crippen LogP contribution in [0.15, 0.2) is 18.2 Å². The summed E-state index contributed by atoms with van der Waals surface area (Å²) >= 11 is 0. The van der Waals surface area contributed by atoms with Gasteiger partial charge in [-0.05, 0) is 37.5 Å². The number of hydrogen-bond donors (Lipinski definition) is 0. The maximum Gasteiger partial charge on any atom is 0.163 e. The number of carbonyl (C=O) groups excluding carboxylic acids is 1. The van der Waals surface area contributed by atoms with Gasteiger partial charge in [-0.2, -0.15) is 5.26 Å². The fourth-order valence-electron chi connectivity index (χ4n) is 1.41. The van der Waals surface area contributed by atoms with E-state index in [0.29, 0.717) is 29.4 Å². The quantitative estimate of drug-likeness (QED) is 0.731. The molecule has 1 rings (SSSR count). The minimum Gasteiger partial charge on any atom is -0.493 e. The lowest BCUT2D eigenvalue weighted by Gasteiger charge is -2.11. The Hall–Kier alpha value is -1.82. The average molecular weight is 231 g/mol. The molecule has 0 aliphatic rings. The van der Waals surface area contributed by atoms with E-state index >= 15 is 0 Å². The highest BCUT2D eigenvalue weighted by atomic mass is 16.5. The molecule has 0 atom stereocenters. The second-order valence-corrected chi connectivity index (χ2v) is 4.41.